The Morgan fingerprint density at radius 1 is 1.17 bits per heavy atom. The molecule has 0 aliphatic rings. The fourth-order valence-electron chi connectivity index (χ4n) is 1.68. The second-order valence-electron chi connectivity index (χ2n) is 5.68. The normalized spacial score (nSPS) is 13.6. The van der Waals surface area contributed by atoms with Crippen LogP contribution in [0.3, 0.4) is 0 Å². The van der Waals surface area contributed by atoms with Crippen molar-refractivity contribution in [1.82, 2.24) is 15.2 Å². The number of H-pyrrole nitrogens is 1. The number of nitrogens with one attached hydrogen (secondary N) is 1. The van der Waals surface area contributed by atoms with Gasteiger partial charge in [-0.05, 0) is 12.5 Å². The van der Waals surface area contributed by atoms with E-state index < -0.39 is 0 Å². The standard InChI is InChI=1S/C14H20N4/c1-9-5-7-10(8-6-9)11(15)12-16-13(18-17-12)14(2,3)4/h5-8,11H,15H2,1-4H3,(H,16,17,18)/t11-/m1/s1. The summed E-state index contributed by atoms with van der Waals surface area (Å²) in [6.07, 6.45) is 0. The molecular formula is C14H20N4. The van der Waals surface area contributed by atoms with Gasteiger partial charge in [-0.3, -0.25) is 5.10 Å². The van der Waals surface area contributed by atoms with Crippen LogP contribution in [-0.2, 0) is 5.41 Å². The molecule has 0 saturated carbocycles. The Hall–Kier alpha value is -1.68. The number of nitrogens with two attached hydrogens (primary N) is 1. The van der Waals surface area contributed by atoms with E-state index >= 15 is 0 Å². The lowest BCUT2D eigenvalue weighted by Crippen LogP contribution is -2.16. The summed E-state index contributed by atoms with van der Waals surface area (Å²) >= 11 is 0. The molecule has 96 valence electrons. The summed E-state index contributed by atoms with van der Waals surface area (Å²) in [7, 11) is 0. The van der Waals surface area contributed by atoms with Crippen molar-refractivity contribution in [3.63, 3.8) is 0 Å². The molecule has 4 nitrogen and oxygen atoms in total. The van der Waals surface area contributed by atoms with Crippen molar-refractivity contribution in [3.05, 3.63) is 47.0 Å². The van der Waals surface area contributed by atoms with Crippen LogP contribution in [0.1, 0.15) is 49.6 Å². The van der Waals surface area contributed by atoms with E-state index in [2.05, 4.69) is 55.0 Å². The minimum atomic E-state index is -0.255. The third kappa shape index (κ3) is 2.59. The third-order valence-electron chi connectivity index (χ3n) is 2.90. The van der Waals surface area contributed by atoms with Gasteiger partial charge in [0.2, 0.25) is 0 Å². The minimum absolute atomic E-state index is 0.0677. The number of hydrogen-bond acceptors (Lipinski definition) is 3. The molecule has 3 N–H and O–H groups in total. The van der Waals surface area contributed by atoms with Crippen molar-refractivity contribution < 1.29 is 0 Å². The van der Waals surface area contributed by atoms with Crippen LogP contribution < -0.4 is 5.73 Å². The minimum Gasteiger partial charge on any atom is -0.318 e. The number of nitrogens with zero attached hydrogens (tertiary/aromatic N) is 2. The Balaban J connectivity index is 2.26. The maximum atomic E-state index is 6.19. The molecule has 0 spiro atoms. The number of rotatable bonds is 2. The number of aromatic amines is 1. The molecule has 1 atom stereocenters. The molecule has 0 amide bonds. The average Bonchev–Trinajstić information content (AvgIpc) is 2.78. The van der Waals surface area contributed by atoms with Crippen molar-refractivity contribution in [1.29, 1.82) is 0 Å². The quantitative estimate of drug-likeness (QED) is 0.852. The summed E-state index contributed by atoms with van der Waals surface area (Å²) in [5.74, 6) is 1.50. The van der Waals surface area contributed by atoms with Crippen molar-refractivity contribution in [2.45, 2.75) is 39.2 Å². The van der Waals surface area contributed by atoms with Crippen LogP contribution in [0.2, 0.25) is 0 Å². The van der Waals surface area contributed by atoms with Crippen LogP contribution in [0.25, 0.3) is 0 Å². The highest BCUT2D eigenvalue weighted by atomic mass is 15.2. The van der Waals surface area contributed by atoms with Gasteiger partial charge >= 0.3 is 0 Å². The highest BCUT2D eigenvalue weighted by Gasteiger charge is 2.21. The summed E-state index contributed by atoms with van der Waals surface area (Å²) in [5, 5.41) is 7.17. The number of aryl methyl sites for hydroxylation is 1. The average molecular weight is 244 g/mol. The lowest BCUT2D eigenvalue weighted by Gasteiger charge is -2.12. The van der Waals surface area contributed by atoms with Crippen molar-refractivity contribution in [3.8, 4) is 0 Å². The van der Waals surface area contributed by atoms with E-state index in [1.807, 2.05) is 12.1 Å². The molecule has 0 saturated heterocycles. The molecule has 0 fully saturated rings. The number of benzene rings is 1. The second kappa shape index (κ2) is 4.53. The molecule has 0 radical (unpaired) electrons. The van der Waals surface area contributed by atoms with Gasteiger partial charge in [-0.15, -0.1) is 0 Å². The molecule has 2 rings (SSSR count). The van der Waals surface area contributed by atoms with E-state index in [4.69, 9.17) is 5.73 Å². The molecule has 0 unspecified atom stereocenters. The van der Waals surface area contributed by atoms with Gasteiger partial charge in [-0.25, -0.2) is 4.98 Å². The Morgan fingerprint density at radius 2 is 1.78 bits per heavy atom. The van der Waals surface area contributed by atoms with Crippen LogP contribution in [-0.4, -0.2) is 15.2 Å². The molecule has 4 heteroatoms. The second-order valence-corrected chi connectivity index (χ2v) is 5.68. The zero-order chi connectivity index (χ0) is 13.3. The van der Waals surface area contributed by atoms with Gasteiger partial charge in [0.1, 0.15) is 5.82 Å². The summed E-state index contributed by atoms with van der Waals surface area (Å²) < 4.78 is 0. The van der Waals surface area contributed by atoms with Gasteiger partial charge in [-0.1, -0.05) is 50.6 Å². The zero-order valence-corrected chi connectivity index (χ0v) is 11.4. The smallest absolute Gasteiger partial charge is 0.156 e. The van der Waals surface area contributed by atoms with Gasteiger partial charge < -0.3 is 5.73 Å². The van der Waals surface area contributed by atoms with Gasteiger partial charge in [0.15, 0.2) is 5.82 Å². The Morgan fingerprint density at radius 3 is 2.28 bits per heavy atom. The van der Waals surface area contributed by atoms with E-state index in [9.17, 15) is 0 Å². The Bertz CT molecular complexity index is 519. The first-order chi connectivity index (χ1) is 8.38. The van der Waals surface area contributed by atoms with E-state index in [1.54, 1.807) is 0 Å². The Kier molecular flexibility index (Phi) is 3.22. The molecule has 0 bridgehead atoms. The first-order valence-corrected chi connectivity index (χ1v) is 6.13. The fraction of sp³-hybridized carbons (Fsp3) is 0.429. The topological polar surface area (TPSA) is 67.6 Å². The van der Waals surface area contributed by atoms with Crippen LogP contribution in [0.5, 0.6) is 0 Å². The predicted molar refractivity (Wildman–Crippen MR) is 72.3 cm³/mol. The van der Waals surface area contributed by atoms with E-state index in [-0.39, 0.29) is 11.5 Å². The summed E-state index contributed by atoms with van der Waals surface area (Å²) in [6.45, 7) is 8.30. The molecule has 2 aromatic rings. The zero-order valence-electron chi connectivity index (χ0n) is 11.4. The maximum Gasteiger partial charge on any atom is 0.156 e. The molecule has 1 aromatic carbocycles. The molecular weight excluding hydrogens is 224 g/mol. The fourth-order valence-corrected chi connectivity index (χ4v) is 1.68. The van der Waals surface area contributed by atoms with Crippen molar-refractivity contribution in [2.24, 2.45) is 5.73 Å². The monoisotopic (exact) mass is 244 g/mol. The van der Waals surface area contributed by atoms with E-state index in [0.717, 1.165) is 11.4 Å². The van der Waals surface area contributed by atoms with Gasteiger partial charge in [-0.2, -0.15) is 5.10 Å². The molecule has 1 aromatic heterocycles. The summed E-state index contributed by atoms with van der Waals surface area (Å²) in [6, 6.07) is 7.90. The van der Waals surface area contributed by atoms with Crippen LogP contribution in [0.15, 0.2) is 24.3 Å². The highest BCUT2D eigenvalue weighted by molar-refractivity contribution is 5.27. The van der Waals surface area contributed by atoms with Crippen LogP contribution in [0, 0.1) is 6.92 Å². The van der Waals surface area contributed by atoms with Gasteiger partial charge in [0.05, 0.1) is 6.04 Å². The first kappa shape index (κ1) is 12.8. The number of hydrogen-bond donors (Lipinski definition) is 2. The summed E-state index contributed by atoms with van der Waals surface area (Å²) in [5.41, 5.74) is 8.38. The van der Waals surface area contributed by atoms with Crippen molar-refractivity contribution >= 4 is 0 Å². The third-order valence-corrected chi connectivity index (χ3v) is 2.90. The van der Waals surface area contributed by atoms with E-state index in [0.29, 0.717) is 5.82 Å². The molecule has 0 aliphatic carbocycles. The predicted octanol–water partition coefficient (Wildman–Crippen LogP) is 2.46. The molecule has 18 heavy (non-hydrogen) atoms. The largest absolute Gasteiger partial charge is 0.318 e. The maximum absolute atomic E-state index is 6.19. The molecule has 1 heterocycles. The number of aromatic nitrogens is 3. The highest BCUT2D eigenvalue weighted by Crippen LogP contribution is 2.21. The van der Waals surface area contributed by atoms with Crippen LogP contribution >= 0.6 is 0 Å². The van der Waals surface area contributed by atoms with E-state index in [1.165, 1.54) is 5.56 Å². The van der Waals surface area contributed by atoms with Gasteiger partial charge in [0.25, 0.3) is 0 Å². The van der Waals surface area contributed by atoms with Crippen molar-refractivity contribution in [2.75, 3.05) is 0 Å². The SMILES string of the molecule is Cc1ccc([C@@H](N)c2nc(C(C)(C)C)n[nH]2)cc1. The van der Waals surface area contributed by atoms with Crippen LogP contribution in [0.4, 0.5) is 0 Å². The lowest BCUT2D eigenvalue weighted by atomic mass is 9.96. The van der Waals surface area contributed by atoms with Gasteiger partial charge in [0, 0.05) is 5.41 Å². The first-order valence-electron chi connectivity index (χ1n) is 6.13. The lowest BCUT2D eigenvalue weighted by molar-refractivity contribution is 0.547. The summed E-state index contributed by atoms with van der Waals surface area (Å²) in [4.78, 5) is 4.49. The molecule has 0 aliphatic heterocycles. The Labute approximate surface area is 108 Å².